The Morgan fingerprint density at radius 1 is 1.17 bits per heavy atom. The largest absolute Gasteiger partial charge is 0.492 e. The highest BCUT2D eigenvalue weighted by Crippen LogP contribution is 2.31. The number of hydrogen-bond acceptors (Lipinski definition) is 3. The monoisotopic (exact) mass is 291 g/mol. The number of benzene rings is 1. The molecular formula is C13H19Cl2NO2. The normalized spacial score (nSPS) is 10.9. The number of hydrogen-bond donors (Lipinski definition) is 0. The van der Waals surface area contributed by atoms with Crippen molar-refractivity contribution in [2.75, 3.05) is 40.5 Å². The lowest BCUT2D eigenvalue weighted by atomic mass is 10.3. The van der Waals surface area contributed by atoms with Crippen LogP contribution in [0.2, 0.25) is 10.0 Å². The van der Waals surface area contributed by atoms with Crippen LogP contribution in [0.5, 0.6) is 5.75 Å². The van der Waals surface area contributed by atoms with Crippen LogP contribution in [-0.4, -0.2) is 45.4 Å². The van der Waals surface area contributed by atoms with E-state index in [2.05, 4.69) is 11.9 Å². The first-order valence-corrected chi connectivity index (χ1v) is 6.65. The Kier molecular flexibility index (Phi) is 7.44. The van der Waals surface area contributed by atoms with E-state index in [0.29, 0.717) is 22.4 Å². The van der Waals surface area contributed by atoms with Gasteiger partial charge in [0.05, 0.1) is 18.2 Å². The van der Waals surface area contributed by atoms with Gasteiger partial charge < -0.3 is 14.4 Å². The van der Waals surface area contributed by atoms with E-state index in [-0.39, 0.29) is 0 Å². The summed E-state index contributed by atoms with van der Waals surface area (Å²) in [5.74, 6) is 0.642. The van der Waals surface area contributed by atoms with E-state index >= 15 is 0 Å². The third kappa shape index (κ3) is 5.44. The molecule has 0 radical (unpaired) electrons. The second-order valence-electron chi connectivity index (χ2n) is 4.05. The van der Waals surface area contributed by atoms with Crippen LogP contribution < -0.4 is 4.74 Å². The van der Waals surface area contributed by atoms with Gasteiger partial charge in [-0.25, -0.2) is 0 Å². The van der Waals surface area contributed by atoms with E-state index < -0.39 is 0 Å². The number of likely N-dealkylation sites (N-methyl/N-ethyl adjacent to an activating group) is 1. The molecular weight excluding hydrogens is 273 g/mol. The van der Waals surface area contributed by atoms with Crippen LogP contribution in [0.1, 0.15) is 6.42 Å². The first-order valence-electron chi connectivity index (χ1n) is 5.89. The molecule has 1 aromatic carbocycles. The summed E-state index contributed by atoms with van der Waals surface area (Å²) in [6, 6.07) is 5.40. The predicted molar refractivity (Wildman–Crippen MR) is 75.9 cm³/mol. The van der Waals surface area contributed by atoms with Crippen molar-refractivity contribution < 1.29 is 9.47 Å². The van der Waals surface area contributed by atoms with Crippen molar-refractivity contribution in [3.05, 3.63) is 28.2 Å². The summed E-state index contributed by atoms with van der Waals surface area (Å²) in [6.45, 7) is 3.25. The Hall–Kier alpha value is -0.480. The molecule has 0 aliphatic carbocycles. The van der Waals surface area contributed by atoms with Gasteiger partial charge in [-0.2, -0.15) is 0 Å². The molecule has 0 unspecified atom stereocenters. The zero-order valence-electron chi connectivity index (χ0n) is 10.8. The molecule has 18 heavy (non-hydrogen) atoms. The van der Waals surface area contributed by atoms with Crippen LogP contribution in [-0.2, 0) is 4.74 Å². The van der Waals surface area contributed by atoms with E-state index in [9.17, 15) is 0 Å². The van der Waals surface area contributed by atoms with Crippen LogP contribution in [0.15, 0.2) is 18.2 Å². The molecule has 5 heteroatoms. The van der Waals surface area contributed by atoms with Gasteiger partial charge in [-0.1, -0.05) is 29.3 Å². The lowest BCUT2D eigenvalue weighted by Gasteiger charge is -2.16. The maximum Gasteiger partial charge on any atom is 0.139 e. The van der Waals surface area contributed by atoms with Crippen molar-refractivity contribution in [3.8, 4) is 5.75 Å². The van der Waals surface area contributed by atoms with Gasteiger partial charge in [-0.15, -0.1) is 0 Å². The first-order chi connectivity index (χ1) is 8.65. The lowest BCUT2D eigenvalue weighted by Crippen LogP contribution is -2.25. The van der Waals surface area contributed by atoms with Gasteiger partial charge in [-0.3, -0.25) is 0 Å². The number of rotatable bonds is 8. The molecule has 102 valence electrons. The fourth-order valence-electron chi connectivity index (χ4n) is 1.47. The average Bonchev–Trinajstić information content (AvgIpc) is 2.37. The molecule has 0 aliphatic heterocycles. The molecule has 0 aliphatic rings. The van der Waals surface area contributed by atoms with Crippen molar-refractivity contribution in [2.45, 2.75) is 6.42 Å². The highest BCUT2D eigenvalue weighted by Gasteiger charge is 2.05. The molecule has 0 atom stereocenters. The van der Waals surface area contributed by atoms with Gasteiger partial charge >= 0.3 is 0 Å². The Labute approximate surface area is 119 Å². The second-order valence-corrected chi connectivity index (χ2v) is 4.84. The standard InChI is InChI=1S/C13H19Cl2NO2/c1-16(8-10-17-2)7-4-9-18-12-6-3-5-11(14)13(12)15/h3,5-6H,4,7-10H2,1-2H3. The quantitative estimate of drug-likeness (QED) is 0.686. The van der Waals surface area contributed by atoms with Crippen molar-refractivity contribution in [3.63, 3.8) is 0 Å². The number of halogens is 2. The van der Waals surface area contributed by atoms with Crippen LogP contribution in [0, 0.1) is 0 Å². The van der Waals surface area contributed by atoms with E-state index in [1.54, 1.807) is 13.2 Å². The molecule has 1 rings (SSSR count). The van der Waals surface area contributed by atoms with Gasteiger partial charge in [-0.05, 0) is 25.6 Å². The summed E-state index contributed by atoms with van der Waals surface area (Å²) in [7, 11) is 3.77. The smallest absolute Gasteiger partial charge is 0.139 e. The highest BCUT2D eigenvalue weighted by molar-refractivity contribution is 6.42. The zero-order chi connectivity index (χ0) is 13.4. The topological polar surface area (TPSA) is 21.7 Å². The van der Waals surface area contributed by atoms with Crippen LogP contribution >= 0.6 is 23.2 Å². The molecule has 0 amide bonds. The minimum absolute atomic E-state index is 0.479. The Balaban J connectivity index is 2.23. The van der Waals surface area contributed by atoms with Crippen molar-refractivity contribution in [2.24, 2.45) is 0 Å². The van der Waals surface area contributed by atoms with Crippen LogP contribution in [0.25, 0.3) is 0 Å². The Morgan fingerprint density at radius 2 is 1.94 bits per heavy atom. The summed E-state index contributed by atoms with van der Waals surface area (Å²) >= 11 is 11.9. The highest BCUT2D eigenvalue weighted by atomic mass is 35.5. The molecule has 0 N–H and O–H groups in total. The number of ether oxygens (including phenoxy) is 2. The molecule has 0 aromatic heterocycles. The van der Waals surface area contributed by atoms with Gasteiger partial charge in [0.1, 0.15) is 10.8 Å². The van der Waals surface area contributed by atoms with Crippen molar-refractivity contribution >= 4 is 23.2 Å². The Bertz CT molecular complexity index is 361. The van der Waals surface area contributed by atoms with E-state index in [0.717, 1.165) is 26.1 Å². The molecule has 0 fully saturated rings. The van der Waals surface area contributed by atoms with Crippen LogP contribution in [0.4, 0.5) is 0 Å². The molecule has 1 aromatic rings. The molecule has 0 saturated carbocycles. The zero-order valence-corrected chi connectivity index (χ0v) is 12.3. The maximum atomic E-state index is 6.02. The Morgan fingerprint density at radius 3 is 2.67 bits per heavy atom. The summed E-state index contributed by atoms with van der Waals surface area (Å²) in [5, 5.41) is 0.998. The average molecular weight is 292 g/mol. The molecule has 0 saturated heterocycles. The fraction of sp³-hybridized carbons (Fsp3) is 0.538. The van der Waals surface area contributed by atoms with Gasteiger partial charge in [0.15, 0.2) is 0 Å². The summed E-state index contributed by atoms with van der Waals surface area (Å²) in [5.41, 5.74) is 0. The van der Waals surface area contributed by atoms with Crippen LogP contribution in [0.3, 0.4) is 0 Å². The molecule has 0 spiro atoms. The van der Waals surface area contributed by atoms with Gasteiger partial charge in [0.2, 0.25) is 0 Å². The minimum Gasteiger partial charge on any atom is -0.492 e. The summed E-state index contributed by atoms with van der Waals surface area (Å²) in [6.07, 6.45) is 0.934. The predicted octanol–water partition coefficient (Wildman–Crippen LogP) is 3.34. The molecule has 0 bridgehead atoms. The summed E-state index contributed by atoms with van der Waals surface area (Å²) < 4.78 is 10.6. The van der Waals surface area contributed by atoms with Gasteiger partial charge in [0.25, 0.3) is 0 Å². The number of nitrogens with zero attached hydrogens (tertiary/aromatic N) is 1. The fourth-order valence-corrected chi connectivity index (χ4v) is 1.82. The second kappa shape index (κ2) is 8.59. The van der Waals surface area contributed by atoms with Gasteiger partial charge in [0, 0.05) is 20.2 Å². The third-order valence-corrected chi connectivity index (χ3v) is 3.34. The molecule has 3 nitrogen and oxygen atoms in total. The summed E-state index contributed by atoms with van der Waals surface area (Å²) in [4.78, 5) is 2.20. The minimum atomic E-state index is 0.479. The van der Waals surface area contributed by atoms with Crippen molar-refractivity contribution in [1.82, 2.24) is 4.90 Å². The number of methoxy groups -OCH3 is 1. The van der Waals surface area contributed by atoms with E-state index in [1.807, 2.05) is 12.1 Å². The third-order valence-electron chi connectivity index (χ3n) is 2.54. The van der Waals surface area contributed by atoms with E-state index in [4.69, 9.17) is 32.7 Å². The van der Waals surface area contributed by atoms with E-state index in [1.165, 1.54) is 0 Å². The first kappa shape index (κ1) is 15.6. The van der Waals surface area contributed by atoms with Crippen molar-refractivity contribution in [1.29, 1.82) is 0 Å². The lowest BCUT2D eigenvalue weighted by molar-refractivity contribution is 0.157. The molecule has 0 heterocycles. The SMILES string of the molecule is COCCN(C)CCCOc1cccc(Cl)c1Cl. The maximum absolute atomic E-state index is 6.02.